The molecule has 0 aliphatic carbocycles. The number of aliphatic hydroxyl groups is 1. The van der Waals surface area contributed by atoms with Crippen molar-refractivity contribution in [3.63, 3.8) is 0 Å². The normalized spacial score (nSPS) is 12.4. The first-order valence-corrected chi connectivity index (χ1v) is 11.0. The van der Waals surface area contributed by atoms with Crippen LogP contribution >= 0.6 is 23.2 Å². The van der Waals surface area contributed by atoms with Crippen molar-refractivity contribution in [1.82, 2.24) is 14.9 Å². The minimum Gasteiger partial charge on any atom is -0.454 e. The Balaban J connectivity index is 1.78. The van der Waals surface area contributed by atoms with E-state index in [1.54, 1.807) is 25.4 Å². The van der Waals surface area contributed by atoms with Gasteiger partial charge in [0.25, 0.3) is 0 Å². The summed E-state index contributed by atoms with van der Waals surface area (Å²) in [5, 5.41) is 25.4. The van der Waals surface area contributed by atoms with Crippen LogP contribution in [0.5, 0.6) is 11.5 Å². The molecular weight excluding hydrogens is 483 g/mol. The number of anilines is 1. The zero-order valence-corrected chi connectivity index (χ0v) is 20.1. The maximum Gasteiger partial charge on any atom is 0.409 e. The highest BCUT2D eigenvalue weighted by Gasteiger charge is 2.17. The predicted molar refractivity (Wildman–Crippen MR) is 129 cm³/mol. The number of halogens is 2. The highest BCUT2D eigenvalue weighted by atomic mass is 35.5. The highest BCUT2D eigenvalue weighted by molar-refractivity contribution is 6.37. The van der Waals surface area contributed by atoms with E-state index in [1.165, 1.54) is 12.1 Å². The molecule has 0 saturated carbocycles. The molecule has 12 heteroatoms. The number of nitrogens with one attached hydrogen (secondary N) is 2. The molecule has 3 N–H and O–H groups in total. The number of amides is 1. The summed E-state index contributed by atoms with van der Waals surface area (Å²) in [7, 11) is 0. The van der Waals surface area contributed by atoms with Crippen LogP contribution in [0.1, 0.15) is 26.8 Å². The van der Waals surface area contributed by atoms with Crippen LogP contribution in [0, 0.1) is 11.3 Å². The molecule has 1 amide bonds. The quantitative estimate of drug-likeness (QED) is 0.221. The predicted octanol–water partition coefficient (Wildman–Crippen LogP) is 5.07. The standard InChI is InChI=1S/C22H22Cl2N6O4/c1-4-33-22(32)27-21(31)18(10-25)29-28-13-7-15(23)20(16(24)8-13)34-14-5-6-17-19(9-14)30(11-26-17)12(2)3/h5-9,11-12,21,28,31H,4H2,1-3H3,(H,27,32)/b29-18+. The topological polar surface area (TPSA) is 134 Å². The molecule has 0 aliphatic heterocycles. The third-order valence-corrected chi connectivity index (χ3v) is 5.09. The SMILES string of the molecule is CCOC(=O)NC(O)/C(C#N)=N/Nc1cc(Cl)c(Oc2ccc3ncn(C(C)C)c3c2)c(Cl)c1. The maximum atomic E-state index is 11.4. The third-order valence-electron chi connectivity index (χ3n) is 4.53. The van der Waals surface area contributed by atoms with Crippen molar-refractivity contribution in [2.24, 2.45) is 5.10 Å². The molecule has 0 fully saturated rings. The number of hydrogen-bond donors (Lipinski definition) is 3. The fourth-order valence-corrected chi connectivity index (χ4v) is 3.51. The first-order valence-electron chi connectivity index (χ1n) is 10.2. The summed E-state index contributed by atoms with van der Waals surface area (Å²) in [5.41, 5.74) is 4.24. The Labute approximate surface area is 205 Å². The number of ether oxygens (including phenoxy) is 2. The first kappa shape index (κ1) is 25.1. The van der Waals surface area contributed by atoms with Crippen molar-refractivity contribution < 1.29 is 19.4 Å². The zero-order valence-electron chi connectivity index (χ0n) is 18.5. The van der Waals surface area contributed by atoms with Gasteiger partial charge in [-0.05, 0) is 45.0 Å². The monoisotopic (exact) mass is 504 g/mol. The molecule has 34 heavy (non-hydrogen) atoms. The van der Waals surface area contributed by atoms with Gasteiger partial charge in [0, 0.05) is 12.1 Å². The smallest absolute Gasteiger partial charge is 0.409 e. The summed E-state index contributed by atoms with van der Waals surface area (Å²) in [6, 6.07) is 10.3. The van der Waals surface area contributed by atoms with Crippen molar-refractivity contribution in [2.45, 2.75) is 33.0 Å². The van der Waals surface area contributed by atoms with Gasteiger partial charge in [-0.3, -0.25) is 10.7 Å². The number of benzene rings is 2. The molecule has 10 nitrogen and oxygen atoms in total. The highest BCUT2D eigenvalue weighted by Crippen LogP contribution is 2.39. The fourth-order valence-electron chi connectivity index (χ4n) is 2.95. The van der Waals surface area contributed by atoms with E-state index in [9.17, 15) is 15.2 Å². The number of aliphatic hydroxyl groups excluding tert-OH is 1. The summed E-state index contributed by atoms with van der Waals surface area (Å²) in [6.45, 7) is 5.82. The molecule has 1 atom stereocenters. The summed E-state index contributed by atoms with van der Waals surface area (Å²) in [6.07, 6.45) is -0.783. The number of fused-ring (bicyclic) bond motifs is 1. The number of hydrazone groups is 1. The molecule has 1 aromatic heterocycles. The Morgan fingerprint density at radius 2 is 2.00 bits per heavy atom. The Hall–Kier alpha value is -3.52. The average Bonchev–Trinajstić information content (AvgIpc) is 3.20. The zero-order chi connectivity index (χ0) is 24.8. The molecular formula is C22H22Cl2N6O4. The van der Waals surface area contributed by atoms with Crippen molar-refractivity contribution >= 4 is 51.7 Å². The Morgan fingerprint density at radius 3 is 2.62 bits per heavy atom. The van der Waals surface area contributed by atoms with Crippen LogP contribution in [0.3, 0.4) is 0 Å². The molecule has 3 rings (SSSR count). The molecule has 1 unspecified atom stereocenters. The number of nitrogens with zero attached hydrogens (tertiary/aromatic N) is 4. The Morgan fingerprint density at radius 1 is 1.29 bits per heavy atom. The van der Waals surface area contributed by atoms with E-state index in [0.717, 1.165) is 11.0 Å². The van der Waals surface area contributed by atoms with Gasteiger partial charge in [0.05, 0.1) is 39.7 Å². The van der Waals surface area contributed by atoms with Gasteiger partial charge in [0.2, 0.25) is 0 Å². The van der Waals surface area contributed by atoms with Gasteiger partial charge in [-0.1, -0.05) is 23.2 Å². The number of aromatic nitrogens is 2. The summed E-state index contributed by atoms with van der Waals surface area (Å²) >= 11 is 12.8. The molecule has 0 spiro atoms. The molecule has 0 bridgehead atoms. The Kier molecular flexibility index (Phi) is 8.17. The molecule has 2 aromatic carbocycles. The molecule has 0 radical (unpaired) electrons. The number of carbonyl (C=O) groups excluding carboxylic acids is 1. The van der Waals surface area contributed by atoms with Crippen LogP contribution in [0.2, 0.25) is 10.0 Å². The average molecular weight is 505 g/mol. The van der Waals surface area contributed by atoms with Crippen molar-refractivity contribution in [3.8, 4) is 17.6 Å². The molecule has 3 aromatic rings. The maximum absolute atomic E-state index is 11.4. The second-order valence-electron chi connectivity index (χ2n) is 7.26. The van der Waals surface area contributed by atoms with E-state index in [2.05, 4.69) is 39.4 Å². The van der Waals surface area contributed by atoms with Crippen LogP contribution in [0.25, 0.3) is 11.0 Å². The fraction of sp³-hybridized carbons (Fsp3) is 0.273. The van der Waals surface area contributed by atoms with Gasteiger partial charge in [-0.15, -0.1) is 0 Å². The van der Waals surface area contributed by atoms with Gasteiger partial charge in [0.15, 0.2) is 17.7 Å². The number of carbonyl (C=O) groups is 1. The summed E-state index contributed by atoms with van der Waals surface area (Å²) in [4.78, 5) is 15.8. The lowest BCUT2D eigenvalue weighted by molar-refractivity contribution is 0.127. The minimum atomic E-state index is -1.67. The summed E-state index contributed by atoms with van der Waals surface area (Å²) < 4.78 is 12.6. The largest absolute Gasteiger partial charge is 0.454 e. The van der Waals surface area contributed by atoms with Gasteiger partial charge in [-0.25, -0.2) is 9.78 Å². The third kappa shape index (κ3) is 5.88. The molecule has 1 heterocycles. The number of hydrogen-bond acceptors (Lipinski definition) is 8. The van der Waals surface area contributed by atoms with Crippen molar-refractivity contribution in [1.29, 1.82) is 5.26 Å². The Bertz CT molecular complexity index is 1240. The van der Waals surface area contributed by atoms with Gasteiger partial charge in [-0.2, -0.15) is 10.4 Å². The van der Waals surface area contributed by atoms with Crippen LogP contribution in [-0.4, -0.2) is 39.3 Å². The number of imidazole rings is 1. The second-order valence-corrected chi connectivity index (χ2v) is 8.07. The lowest BCUT2D eigenvalue weighted by Gasteiger charge is -2.13. The van der Waals surface area contributed by atoms with Crippen molar-refractivity contribution in [2.75, 3.05) is 12.0 Å². The molecule has 0 saturated heterocycles. The van der Waals surface area contributed by atoms with E-state index in [1.807, 2.05) is 16.7 Å². The molecule has 178 valence electrons. The summed E-state index contributed by atoms with van der Waals surface area (Å²) in [5.74, 6) is 0.759. The number of nitriles is 1. The molecule has 0 aliphatic rings. The van der Waals surface area contributed by atoms with E-state index < -0.39 is 18.0 Å². The lowest BCUT2D eigenvalue weighted by Crippen LogP contribution is -2.40. The van der Waals surface area contributed by atoms with E-state index in [4.69, 9.17) is 27.9 Å². The number of rotatable bonds is 8. The van der Waals surface area contributed by atoms with Gasteiger partial charge < -0.3 is 19.1 Å². The van der Waals surface area contributed by atoms with Crippen LogP contribution in [-0.2, 0) is 4.74 Å². The second kappa shape index (κ2) is 11.1. The van der Waals surface area contributed by atoms with Crippen LogP contribution in [0.4, 0.5) is 10.5 Å². The first-order chi connectivity index (χ1) is 16.2. The van der Waals surface area contributed by atoms with Gasteiger partial charge in [0.1, 0.15) is 11.8 Å². The van der Waals surface area contributed by atoms with E-state index in [-0.39, 0.29) is 28.4 Å². The van der Waals surface area contributed by atoms with Gasteiger partial charge >= 0.3 is 6.09 Å². The minimum absolute atomic E-state index is 0.108. The van der Waals surface area contributed by atoms with Crippen LogP contribution in [0.15, 0.2) is 41.8 Å². The van der Waals surface area contributed by atoms with E-state index >= 15 is 0 Å². The van der Waals surface area contributed by atoms with Crippen LogP contribution < -0.4 is 15.5 Å². The number of alkyl carbamates (subject to hydrolysis) is 1. The van der Waals surface area contributed by atoms with Crippen molar-refractivity contribution in [3.05, 3.63) is 46.7 Å². The lowest BCUT2D eigenvalue weighted by atomic mass is 10.2. The van der Waals surface area contributed by atoms with E-state index in [0.29, 0.717) is 11.4 Å².